The molecule has 0 fully saturated rings. The molecule has 7 heteroatoms. The first-order chi connectivity index (χ1) is 14.2. The lowest BCUT2D eigenvalue weighted by Crippen LogP contribution is -2.27. The molecule has 1 amide bonds. The summed E-state index contributed by atoms with van der Waals surface area (Å²) in [6.07, 6.45) is 8.20. The van der Waals surface area contributed by atoms with Gasteiger partial charge in [-0.1, -0.05) is 12.1 Å². The van der Waals surface area contributed by atoms with Crippen molar-refractivity contribution in [2.75, 3.05) is 6.54 Å². The normalized spacial score (nSPS) is 10.7. The summed E-state index contributed by atoms with van der Waals surface area (Å²) in [5.74, 6) is -0.545. The molecule has 0 aliphatic rings. The molecule has 0 saturated heterocycles. The monoisotopic (exact) mass is 387 g/mol. The third-order valence-electron chi connectivity index (χ3n) is 4.49. The number of benzene rings is 1. The molecule has 0 atom stereocenters. The van der Waals surface area contributed by atoms with Crippen LogP contribution in [-0.4, -0.2) is 32.2 Å². The van der Waals surface area contributed by atoms with Gasteiger partial charge in [0, 0.05) is 42.5 Å². The van der Waals surface area contributed by atoms with E-state index in [2.05, 4.69) is 20.4 Å². The van der Waals surface area contributed by atoms with Gasteiger partial charge in [0.1, 0.15) is 5.82 Å². The Morgan fingerprint density at radius 3 is 2.52 bits per heavy atom. The maximum atomic E-state index is 14.6. The Kier molecular flexibility index (Phi) is 5.38. The van der Waals surface area contributed by atoms with Crippen molar-refractivity contribution in [2.45, 2.75) is 6.54 Å². The lowest BCUT2D eigenvalue weighted by Gasteiger charge is -2.12. The van der Waals surface area contributed by atoms with Crippen LogP contribution in [0.1, 0.15) is 10.4 Å². The zero-order valence-electron chi connectivity index (χ0n) is 15.5. The van der Waals surface area contributed by atoms with E-state index in [9.17, 15) is 9.18 Å². The minimum Gasteiger partial charge on any atom is -0.350 e. The summed E-state index contributed by atoms with van der Waals surface area (Å²) in [7, 11) is 0. The Morgan fingerprint density at radius 1 is 0.931 bits per heavy atom. The van der Waals surface area contributed by atoms with Gasteiger partial charge in [0.15, 0.2) is 0 Å². The molecule has 6 nitrogen and oxygen atoms in total. The van der Waals surface area contributed by atoms with E-state index >= 15 is 0 Å². The summed E-state index contributed by atoms with van der Waals surface area (Å²) in [4.78, 5) is 20.2. The largest absolute Gasteiger partial charge is 0.350 e. The van der Waals surface area contributed by atoms with Gasteiger partial charge < -0.3 is 5.32 Å². The van der Waals surface area contributed by atoms with Gasteiger partial charge >= 0.3 is 0 Å². The first-order valence-electron chi connectivity index (χ1n) is 9.13. The number of nitrogens with zero attached hydrogens (tertiary/aromatic N) is 4. The highest BCUT2D eigenvalue weighted by molar-refractivity contribution is 5.93. The van der Waals surface area contributed by atoms with Crippen LogP contribution in [0.25, 0.3) is 22.4 Å². The zero-order chi connectivity index (χ0) is 20.1. The molecule has 4 rings (SSSR count). The summed E-state index contributed by atoms with van der Waals surface area (Å²) in [6, 6.07) is 13.7. The third kappa shape index (κ3) is 4.03. The number of nitrogens with one attached hydrogen (secondary N) is 1. The predicted molar refractivity (Wildman–Crippen MR) is 107 cm³/mol. The molecule has 3 heterocycles. The molecule has 0 aliphatic heterocycles. The van der Waals surface area contributed by atoms with Crippen LogP contribution in [-0.2, 0) is 6.54 Å². The van der Waals surface area contributed by atoms with Crippen molar-refractivity contribution in [3.63, 3.8) is 0 Å². The van der Waals surface area contributed by atoms with E-state index < -0.39 is 0 Å². The molecule has 4 aromatic rings. The van der Waals surface area contributed by atoms with E-state index in [1.807, 2.05) is 12.1 Å². The van der Waals surface area contributed by atoms with E-state index in [-0.39, 0.29) is 11.7 Å². The summed E-state index contributed by atoms with van der Waals surface area (Å²) in [5, 5.41) is 7.29. The van der Waals surface area contributed by atoms with Gasteiger partial charge in [-0.25, -0.2) is 4.39 Å². The Balaban J connectivity index is 1.61. The number of rotatable bonds is 6. The molecule has 0 aliphatic carbocycles. The van der Waals surface area contributed by atoms with Crippen LogP contribution in [0.15, 0.2) is 79.5 Å². The molecular formula is C22H18FN5O. The number of hydrogen-bond donors (Lipinski definition) is 1. The Labute approximate surface area is 167 Å². The first-order valence-corrected chi connectivity index (χ1v) is 9.13. The number of pyridine rings is 2. The minimum absolute atomic E-state index is 0.216. The fourth-order valence-corrected chi connectivity index (χ4v) is 3.11. The van der Waals surface area contributed by atoms with Crippen molar-refractivity contribution in [3.05, 3.63) is 90.9 Å². The summed E-state index contributed by atoms with van der Waals surface area (Å²) >= 11 is 0. The van der Waals surface area contributed by atoms with Gasteiger partial charge in [-0.15, -0.1) is 0 Å². The highest BCUT2D eigenvalue weighted by atomic mass is 19.1. The fraction of sp³-hybridized carbons (Fsp3) is 0.0909. The molecule has 144 valence electrons. The Bertz CT molecular complexity index is 1110. The molecule has 0 bridgehead atoms. The average molecular weight is 387 g/mol. The topological polar surface area (TPSA) is 72.7 Å². The van der Waals surface area contributed by atoms with Crippen LogP contribution >= 0.6 is 0 Å². The van der Waals surface area contributed by atoms with Crippen molar-refractivity contribution in [1.82, 2.24) is 25.1 Å². The van der Waals surface area contributed by atoms with Gasteiger partial charge in [0.05, 0.1) is 24.0 Å². The molecule has 0 spiro atoms. The number of hydrogen-bond acceptors (Lipinski definition) is 4. The minimum atomic E-state index is -0.330. The van der Waals surface area contributed by atoms with Crippen LogP contribution in [0.3, 0.4) is 0 Å². The zero-order valence-corrected chi connectivity index (χ0v) is 15.5. The van der Waals surface area contributed by atoms with E-state index in [4.69, 9.17) is 0 Å². The van der Waals surface area contributed by atoms with Crippen molar-refractivity contribution in [2.24, 2.45) is 0 Å². The first kappa shape index (κ1) is 18.5. The van der Waals surface area contributed by atoms with Gasteiger partial charge in [0.2, 0.25) is 0 Å². The lowest BCUT2D eigenvalue weighted by molar-refractivity contribution is 0.0951. The summed E-state index contributed by atoms with van der Waals surface area (Å²) in [5.41, 5.74) is 3.29. The lowest BCUT2D eigenvalue weighted by atomic mass is 10.0. The van der Waals surface area contributed by atoms with Crippen molar-refractivity contribution >= 4 is 5.91 Å². The van der Waals surface area contributed by atoms with Crippen molar-refractivity contribution in [1.29, 1.82) is 0 Å². The van der Waals surface area contributed by atoms with Gasteiger partial charge in [-0.2, -0.15) is 5.10 Å². The maximum absolute atomic E-state index is 14.6. The number of carbonyl (C=O) groups is 1. The highest BCUT2D eigenvalue weighted by Crippen LogP contribution is 2.33. The number of amides is 1. The van der Waals surface area contributed by atoms with Crippen molar-refractivity contribution < 1.29 is 9.18 Å². The van der Waals surface area contributed by atoms with Crippen LogP contribution in [0, 0.1) is 5.82 Å². The summed E-state index contributed by atoms with van der Waals surface area (Å²) < 4.78 is 16.3. The van der Waals surface area contributed by atoms with Crippen LogP contribution in [0.2, 0.25) is 0 Å². The molecular weight excluding hydrogens is 369 g/mol. The van der Waals surface area contributed by atoms with E-state index in [1.165, 1.54) is 12.3 Å². The van der Waals surface area contributed by atoms with E-state index in [1.54, 1.807) is 59.8 Å². The van der Waals surface area contributed by atoms with Gasteiger partial charge in [0.25, 0.3) is 5.91 Å². The van der Waals surface area contributed by atoms with Crippen LogP contribution in [0.5, 0.6) is 0 Å². The van der Waals surface area contributed by atoms with Crippen molar-refractivity contribution in [3.8, 4) is 22.4 Å². The number of carbonyl (C=O) groups excluding carboxylic acids is 1. The summed E-state index contributed by atoms with van der Waals surface area (Å²) in [6.45, 7) is 0.730. The van der Waals surface area contributed by atoms with E-state index in [0.29, 0.717) is 29.9 Å². The average Bonchev–Trinajstić information content (AvgIpc) is 3.19. The molecule has 0 unspecified atom stereocenters. The Morgan fingerprint density at radius 2 is 1.76 bits per heavy atom. The molecule has 0 radical (unpaired) electrons. The van der Waals surface area contributed by atoms with Gasteiger partial charge in [-0.05, 0) is 42.0 Å². The molecule has 1 aromatic carbocycles. The second kappa shape index (κ2) is 8.43. The van der Waals surface area contributed by atoms with Crippen LogP contribution < -0.4 is 5.32 Å². The smallest absolute Gasteiger partial charge is 0.252 e. The second-order valence-corrected chi connectivity index (χ2v) is 6.34. The van der Waals surface area contributed by atoms with Gasteiger partial charge in [-0.3, -0.25) is 19.4 Å². The maximum Gasteiger partial charge on any atom is 0.252 e. The standard InChI is InChI=1S/C22H18FN5O/c23-20-6-2-1-5-18(20)21-19(16-7-10-24-11-8-16)15-27-28(21)13-12-26-22(29)17-4-3-9-25-14-17/h1-11,14-15H,12-13H2,(H,26,29). The highest BCUT2D eigenvalue weighted by Gasteiger charge is 2.17. The number of aromatic nitrogens is 4. The second-order valence-electron chi connectivity index (χ2n) is 6.34. The Hall–Kier alpha value is -3.87. The molecule has 0 saturated carbocycles. The molecule has 1 N–H and O–H groups in total. The number of halogens is 1. The molecule has 29 heavy (non-hydrogen) atoms. The SMILES string of the molecule is O=C(NCCn1ncc(-c2ccncc2)c1-c1ccccc1F)c1cccnc1. The quantitative estimate of drug-likeness (QED) is 0.549. The van der Waals surface area contributed by atoms with E-state index in [0.717, 1.165) is 11.1 Å². The predicted octanol–water partition coefficient (Wildman–Crippen LogP) is 3.58. The fourth-order valence-electron chi connectivity index (χ4n) is 3.11. The van der Waals surface area contributed by atoms with Crippen LogP contribution in [0.4, 0.5) is 4.39 Å². The third-order valence-corrected chi connectivity index (χ3v) is 4.49. The molecule has 3 aromatic heterocycles.